The molecule has 0 saturated heterocycles. The Balaban J connectivity index is 1.86. The number of Topliss-reactive ketones (excluding diaryl/α,β-unsaturated/α-hetero) is 1. The maximum atomic E-state index is 13.3. The van der Waals surface area contributed by atoms with E-state index in [0.29, 0.717) is 21.6 Å². The number of non-ortho nitro benzene ring substituents is 1. The molecule has 2 aromatic carbocycles. The molecular weight excluding hydrogens is 416 g/mol. The van der Waals surface area contributed by atoms with Crippen molar-refractivity contribution in [3.05, 3.63) is 110 Å². The lowest BCUT2D eigenvalue weighted by atomic mass is 9.90. The molecule has 1 N–H and O–H groups in total. The predicted octanol–water partition coefficient (Wildman–Crippen LogP) is 4.18. The van der Waals surface area contributed by atoms with Crippen molar-refractivity contribution in [3.63, 3.8) is 0 Å². The highest BCUT2D eigenvalue weighted by Crippen LogP contribution is 2.41. The summed E-state index contributed by atoms with van der Waals surface area (Å²) in [7, 11) is 1.29. The number of esters is 1. The number of thiophene rings is 1. The van der Waals surface area contributed by atoms with E-state index >= 15 is 0 Å². The third kappa shape index (κ3) is 3.67. The molecule has 0 spiro atoms. The van der Waals surface area contributed by atoms with Crippen molar-refractivity contribution in [3.8, 4) is 0 Å². The number of benzene rings is 2. The van der Waals surface area contributed by atoms with Crippen molar-refractivity contribution in [2.75, 3.05) is 7.11 Å². The molecule has 0 bridgehead atoms. The number of nitro benzene ring substituents is 1. The molecule has 4 rings (SSSR count). The van der Waals surface area contributed by atoms with Crippen molar-refractivity contribution in [1.29, 1.82) is 0 Å². The summed E-state index contributed by atoms with van der Waals surface area (Å²) < 4.78 is 5.10. The lowest BCUT2D eigenvalue weighted by Gasteiger charge is -2.28. The molecule has 1 aliphatic rings. The number of ketones is 1. The minimum atomic E-state index is -1.37. The van der Waals surface area contributed by atoms with E-state index in [4.69, 9.17) is 4.74 Å². The highest BCUT2D eigenvalue weighted by atomic mass is 32.1. The number of nitrogens with zero attached hydrogens (tertiary/aromatic N) is 1. The van der Waals surface area contributed by atoms with Crippen LogP contribution in [-0.2, 0) is 15.1 Å². The maximum absolute atomic E-state index is 13.3. The summed E-state index contributed by atoms with van der Waals surface area (Å²) in [6.45, 7) is 0. The van der Waals surface area contributed by atoms with Crippen LogP contribution in [0, 0.1) is 10.1 Å². The number of hydrogen-bond acceptors (Lipinski definition) is 7. The van der Waals surface area contributed by atoms with E-state index in [1.54, 1.807) is 54.6 Å². The fraction of sp³-hybridized carbons (Fsp3) is 0.130. The smallest absolute Gasteiger partial charge is 0.334 e. The Morgan fingerprint density at radius 3 is 2.35 bits per heavy atom. The van der Waals surface area contributed by atoms with Crippen LogP contribution in [-0.4, -0.2) is 23.8 Å². The zero-order valence-corrected chi connectivity index (χ0v) is 17.3. The lowest BCUT2D eigenvalue weighted by molar-refractivity contribution is -0.384. The first kappa shape index (κ1) is 20.6. The summed E-state index contributed by atoms with van der Waals surface area (Å²) in [6.07, 6.45) is 1.61. The highest BCUT2D eigenvalue weighted by molar-refractivity contribution is 7.12. The Morgan fingerprint density at radius 2 is 1.77 bits per heavy atom. The molecule has 3 aromatic rings. The molecule has 1 aromatic heterocycles. The molecule has 0 fully saturated rings. The lowest BCUT2D eigenvalue weighted by Crippen LogP contribution is -2.46. The number of nitro groups is 1. The van der Waals surface area contributed by atoms with Gasteiger partial charge in [-0.3, -0.25) is 20.2 Å². The Morgan fingerprint density at radius 1 is 1.06 bits per heavy atom. The minimum absolute atomic E-state index is 0.0563. The Labute approximate surface area is 182 Å². The van der Waals surface area contributed by atoms with Crippen LogP contribution in [0.2, 0.25) is 0 Å². The molecule has 2 atom stereocenters. The molecule has 0 radical (unpaired) electrons. The standard InChI is InChI=1S/C23H18N2O5S/c1-30-22(27)23(16-6-3-2-4-7-16)14-18(21(26)19-8-5-13-31-19)20(24-23)15-9-11-17(12-10-15)25(28)29/h2-14,20,24H,1H3/t20-,23+/m0/s1. The monoisotopic (exact) mass is 434 g/mol. The van der Waals surface area contributed by atoms with Gasteiger partial charge >= 0.3 is 5.97 Å². The summed E-state index contributed by atoms with van der Waals surface area (Å²) in [5, 5.41) is 16.1. The van der Waals surface area contributed by atoms with Gasteiger partial charge < -0.3 is 4.74 Å². The van der Waals surface area contributed by atoms with Crippen LogP contribution in [0.5, 0.6) is 0 Å². The molecule has 1 aliphatic heterocycles. The van der Waals surface area contributed by atoms with Crippen LogP contribution in [0.3, 0.4) is 0 Å². The first-order valence-electron chi connectivity index (χ1n) is 9.43. The number of ether oxygens (including phenoxy) is 1. The molecule has 2 heterocycles. The average Bonchev–Trinajstić information content (AvgIpc) is 3.48. The Hall–Kier alpha value is -3.62. The van der Waals surface area contributed by atoms with Crippen molar-refractivity contribution in [2.45, 2.75) is 11.6 Å². The summed E-state index contributed by atoms with van der Waals surface area (Å²) in [6, 6.07) is 17.8. The normalized spacial score (nSPS) is 20.2. The van der Waals surface area contributed by atoms with Gasteiger partial charge in [0.15, 0.2) is 5.54 Å². The van der Waals surface area contributed by atoms with Crippen molar-refractivity contribution in [2.24, 2.45) is 0 Å². The number of methoxy groups -OCH3 is 1. The van der Waals surface area contributed by atoms with E-state index in [1.165, 1.54) is 30.6 Å². The number of rotatable bonds is 6. The van der Waals surface area contributed by atoms with Crippen LogP contribution < -0.4 is 5.32 Å². The second kappa shape index (κ2) is 8.25. The third-order valence-corrected chi connectivity index (χ3v) is 6.10. The molecule has 0 unspecified atom stereocenters. The first-order chi connectivity index (χ1) is 15.0. The number of hydrogen-bond donors (Lipinski definition) is 1. The average molecular weight is 434 g/mol. The topological polar surface area (TPSA) is 98.5 Å². The highest BCUT2D eigenvalue weighted by Gasteiger charge is 2.48. The van der Waals surface area contributed by atoms with E-state index in [1.807, 2.05) is 11.4 Å². The van der Waals surface area contributed by atoms with Gasteiger partial charge in [-0.1, -0.05) is 48.5 Å². The minimum Gasteiger partial charge on any atom is -0.467 e. The van der Waals surface area contributed by atoms with E-state index in [9.17, 15) is 19.7 Å². The van der Waals surface area contributed by atoms with Gasteiger partial charge in [-0.2, -0.15) is 0 Å². The van der Waals surface area contributed by atoms with E-state index in [0.717, 1.165) is 0 Å². The van der Waals surface area contributed by atoms with Crippen LogP contribution in [0.4, 0.5) is 5.69 Å². The third-order valence-electron chi connectivity index (χ3n) is 5.24. The zero-order valence-electron chi connectivity index (χ0n) is 16.5. The second-order valence-electron chi connectivity index (χ2n) is 7.00. The molecule has 8 heteroatoms. The Kier molecular flexibility index (Phi) is 5.50. The van der Waals surface area contributed by atoms with Gasteiger partial charge in [-0.05, 0) is 28.6 Å². The van der Waals surface area contributed by atoms with Gasteiger partial charge in [0.25, 0.3) is 5.69 Å². The fourth-order valence-corrected chi connectivity index (χ4v) is 4.41. The maximum Gasteiger partial charge on any atom is 0.334 e. The molecule has 7 nitrogen and oxygen atoms in total. The van der Waals surface area contributed by atoms with E-state index in [-0.39, 0.29) is 11.5 Å². The predicted molar refractivity (Wildman–Crippen MR) is 116 cm³/mol. The molecule has 0 amide bonds. The van der Waals surface area contributed by atoms with Crippen molar-refractivity contribution in [1.82, 2.24) is 5.32 Å². The molecular formula is C23H18N2O5S. The van der Waals surface area contributed by atoms with Gasteiger partial charge in [0, 0.05) is 17.7 Å². The molecule has 31 heavy (non-hydrogen) atoms. The number of nitrogens with one attached hydrogen (secondary N) is 1. The van der Waals surface area contributed by atoms with Crippen LogP contribution in [0.1, 0.15) is 26.8 Å². The summed E-state index contributed by atoms with van der Waals surface area (Å²) >= 11 is 1.31. The van der Waals surface area contributed by atoms with E-state index in [2.05, 4.69) is 5.32 Å². The van der Waals surface area contributed by atoms with Crippen molar-refractivity contribution >= 4 is 28.8 Å². The molecule has 156 valence electrons. The first-order valence-corrected chi connectivity index (χ1v) is 10.3. The van der Waals surface area contributed by atoms with Gasteiger partial charge in [-0.25, -0.2) is 4.79 Å². The van der Waals surface area contributed by atoms with Crippen LogP contribution in [0.25, 0.3) is 0 Å². The largest absolute Gasteiger partial charge is 0.467 e. The fourth-order valence-electron chi connectivity index (χ4n) is 3.73. The van der Waals surface area contributed by atoms with Gasteiger partial charge in [0.05, 0.1) is 23.0 Å². The van der Waals surface area contributed by atoms with Gasteiger partial charge in [0.2, 0.25) is 5.78 Å². The van der Waals surface area contributed by atoms with Crippen LogP contribution in [0.15, 0.2) is 83.8 Å². The van der Waals surface area contributed by atoms with E-state index < -0.39 is 22.5 Å². The molecule has 0 saturated carbocycles. The van der Waals surface area contributed by atoms with Gasteiger partial charge in [0.1, 0.15) is 0 Å². The number of carbonyl (C=O) groups excluding carboxylic acids is 2. The second-order valence-corrected chi connectivity index (χ2v) is 7.95. The van der Waals surface area contributed by atoms with Crippen LogP contribution >= 0.6 is 11.3 Å². The summed E-state index contributed by atoms with van der Waals surface area (Å²) in [5.74, 6) is -0.771. The van der Waals surface area contributed by atoms with Crippen molar-refractivity contribution < 1.29 is 19.2 Å². The SMILES string of the molecule is COC(=O)[C@]1(c2ccccc2)C=C(C(=O)c2cccs2)[C@H](c2ccc([N+](=O)[O-])cc2)N1. The molecule has 0 aliphatic carbocycles. The summed E-state index contributed by atoms with van der Waals surface area (Å²) in [4.78, 5) is 37.4. The number of carbonyl (C=O) groups is 2. The quantitative estimate of drug-likeness (QED) is 0.270. The summed E-state index contributed by atoms with van der Waals surface area (Å²) in [5.41, 5.74) is 0.209. The van der Waals surface area contributed by atoms with Gasteiger partial charge in [-0.15, -0.1) is 11.3 Å². The Bertz CT molecular complexity index is 1160. The zero-order chi connectivity index (χ0) is 22.0.